The van der Waals surface area contributed by atoms with E-state index in [0.29, 0.717) is 0 Å². The molecule has 0 unspecified atom stereocenters. The van der Waals surface area contributed by atoms with Crippen LogP contribution in [0.4, 0.5) is 13.2 Å². The van der Waals surface area contributed by atoms with Crippen molar-refractivity contribution in [2.45, 2.75) is 6.61 Å². The van der Waals surface area contributed by atoms with Crippen LogP contribution in [0.15, 0.2) is 12.1 Å². The van der Waals surface area contributed by atoms with Crippen molar-refractivity contribution in [3.63, 3.8) is 0 Å². The quantitative estimate of drug-likeness (QED) is 0.531. The molecule has 0 aliphatic rings. The fourth-order valence-electron chi connectivity index (χ4n) is 0.703. The van der Waals surface area contributed by atoms with Crippen LogP contribution in [0, 0.1) is 13.0 Å². The largest absolute Gasteiger partial charge is 0.435 e. The first kappa shape index (κ1) is 11.3. The third-order valence-corrected chi connectivity index (χ3v) is 2.75. The predicted octanol–water partition coefficient (Wildman–Crippen LogP) is 3.64. The standard InChI is InChI=1S/C7H3F3I2O/c8-6-4(11)1-3(2-5(6)12)13-7(9)10/h1-2,7H. The molecule has 72 valence electrons. The maximum atomic E-state index is 13.0. The fourth-order valence-corrected chi connectivity index (χ4v) is 2.41. The molecule has 0 spiro atoms. The molecule has 0 aromatic heterocycles. The second kappa shape index (κ2) is 4.67. The van der Waals surface area contributed by atoms with Gasteiger partial charge in [0.05, 0.1) is 7.14 Å². The average Bonchev–Trinajstić information content (AvgIpc) is 1.98. The molecule has 0 aliphatic heterocycles. The van der Waals surface area contributed by atoms with E-state index in [-0.39, 0.29) is 12.9 Å². The van der Waals surface area contributed by atoms with Gasteiger partial charge in [-0.15, -0.1) is 0 Å². The number of benzene rings is 1. The number of alkyl halides is 2. The molecule has 0 N–H and O–H groups in total. The van der Waals surface area contributed by atoms with Gasteiger partial charge >= 0.3 is 6.61 Å². The molecule has 6 heteroatoms. The van der Waals surface area contributed by atoms with E-state index in [9.17, 15) is 13.2 Å². The molecule has 1 rings (SSSR count). The molecule has 0 fully saturated rings. The molecule has 1 nitrogen and oxygen atoms in total. The van der Waals surface area contributed by atoms with Crippen molar-refractivity contribution in [3.8, 4) is 5.75 Å². The Morgan fingerprint density at radius 1 is 1.15 bits per heavy atom. The molecule has 0 saturated heterocycles. The summed E-state index contributed by atoms with van der Waals surface area (Å²) in [5.74, 6) is -0.437. The highest BCUT2D eigenvalue weighted by Crippen LogP contribution is 2.25. The van der Waals surface area contributed by atoms with Gasteiger partial charge in [-0.3, -0.25) is 0 Å². The Hall–Kier alpha value is 0.270. The summed E-state index contributed by atoms with van der Waals surface area (Å²) >= 11 is 3.44. The van der Waals surface area contributed by atoms with Crippen molar-refractivity contribution in [2.75, 3.05) is 0 Å². The minimum atomic E-state index is -2.88. The third kappa shape index (κ3) is 3.15. The molecule has 0 saturated carbocycles. The van der Waals surface area contributed by atoms with Crippen LogP contribution in [0.3, 0.4) is 0 Å². The lowest BCUT2D eigenvalue weighted by molar-refractivity contribution is -0.0499. The Bertz CT molecular complexity index is 294. The monoisotopic (exact) mass is 414 g/mol. The van der Waals surface area contributed by atoms with Crippen molar-refractivity contribution in [2.24, 2.45) is 0 Å². The van der Waals surface area contributed by atoms with E-state index < -0.39 is 12.4 Å². The molecule has 0 amide bonds. The molecular weight excluding hydrogens is 411 g/mol. The van der Waals surface area contributed by atoms with Crippen LogP contribution in [-0.4, -0.2) is 6.61 Å². The highest BCUT2D eigenvalue weighted by Gasteiger charge is 2.10. The van der Waals surface area contributed by atoms with Crippen LogP contribution >= 0.6 is 45.2 Å². The van der Waals surface area contributed by atoms with E-state index in [1.165, 1.54) is 12.1 Å². The van der Waals surface area contributed by atoms with E-state index in [0.717, 1.165) is 0 Å². The maximum Gasteiger partial charge on any atom is 0.387 e. The fraction of sp³-hybridized carbons (Fsp3) is 0.143. The van der Waals surface area contributed by atoms with Crippen molar-refractivity contribution in [3.05, 3.63) is 25.1 Å². The first-order valence-corrected chi connectivity index (χ1v) is 5.26. The Kier molecular flexibility index (Phi) is 4.07. The van der Waals surface area contributed by atoms with E-state index in [1.807, 2.05) is 0 Å². The summed E-state index contributed by atoms with van der Waals surface area (Å²) in [6, 6.07) is 2.45. The lowest BCUT2D eigenvalue weighted by Crippen LogP contribution is -2.03. The first-order chi connectivity index (χ1) is 6.00. The lowest BCUT2D eigenvalue weighted by Gasteiger charge is -2.06. The summed E-state index contributed by atoms with van der Waals surface area (Å²) in [4.78, 5) is 0. The second-order valence-electron chi connectivity index (χ2n) is 2.08. The Morgan fingerprint density at radius 3 is 2.00 bits per heavy atom. The molecular formula is C7H3F3I2O. The van der Waals surface area contributed by atoms with Gasteiger partial charge in [0.1, 0.15) is 11.6 Å². The van der Waals surface area contributed by atoms with Gasteiger partial charge in [-0.2, -0.15) is 8.78 Å². The van der Waals surface area contributed by atoms with Gasteiger partial charge in [0.2, 0.25) is 0 Å². The Morgan fingerprint density at radius 2 is 1.62 bits per heavy atom. The number of hydrogen-bond acceptors (Lipinski definition) is 1. The van der Waals surface area contributed by atoms with Gasteiger partial charge in [0.15, 0.2) is 0 Å². The normalized spacial score (nSPS) is 10.6. The van der Waals surface area contributed by atoms with Crippen LogP contribution in [0.2, 0.25) is 0 Å². The van der Waals surface area contributed by atoms with Gasteiger partial charge in [0.25, 0.3) is 0 Å². The van der Waals surface area contributed by atoms with Gasteiger partial charge in [-0.25, -0.2) is 4.39 Å². The minimum Gasteiger partial charge on any atom is -0.435 e. The number of halogens is 5. The van der Waals surface area contributed by atoms with Crippen molar-refractivity contribution < 1.29 is 17.9 Å². The number of rotatable bonds is 2. The number of hydrogen-bond donors (Lipinski definition) is 0. The highest BCUT2D eigenvalue weighted by molar-refractivity contribution is 14.1. The zero-order valence-corrected chi connectivity index (χ0v) is 10.3. The maximum absolute atomic E-state index is 13.0. The van der Waals surface area contributed by atoms with Crippen LogP contribution in [0.1, 0.15) is 0 Å². The lowest BCUT2D eigenvalue weighted by atomic mass is 10.3. The zero-order chi connectivity index (χ0) is 10.0. The molecule has 0 heterocycles. The summed E-state index contributed by atoms with van der Waals surface area (Å²) in [5, 5.41) is 0. The highest BCUT2D eigenvalue weighted by atomic mass is 127. The van der Waals surface area contributed by atoms with Crippen molar-refractivity contribution >= 4 is 45.2 Å². The van der Waals surface area contributed by atoms with Gasteiger partial charge < -0.3 is 4.74 Å². The minimum absolute atomic E-state index is 0.0230. The molecule has 0 radical (unpaired) electrons. The molecule has 13 heavy (non-hydrogen) atoms. The second-order valence-corrected chi connectivity index (χ2v) is 4.40. The van der Waals surface area contributed by atoms with Crippen molar-refractivity contribution in [1.82, 2.24) is 0 Å². The van der Waals surface area contributed by atoms with E-state index in [4.69, 9.17) is 0 Å². The smallest absolute Gasteiger partial charge is 0.387 e. The zero-order valence-electron chi connectivity index (χ0n) is 6.03. The van der Waals surface area contributed by atoms with Crippen LogP contribution in [0.25, 0.3) is 0 Å². The molecule has 0 bridgehead atoms. The van der Waals surface area contributed by atoms with Crippen LogP contribution < -0.4 is 4.74 Å². The third-order valence-electron chi connectivity index (χ3n) is 1.18. The summed E-state index contributed by atoms with van der Waals surface area (Å²) in [5.41, 5.74) is 0. The summed E-state index contributed by atoms with van der Waals surface area (Å²) in [7, 11) is 0. The molecule has 0 atom stereocenters. The summed E-state index contributed by atoms with van der Waals surface area (Å²) in [6.45, 7) is -2.88. The molecule has 0 aliphatic carbocycles. The van der Waals surface area contributed by atoms with Gasteiger partial charge in [0, 0.05) is 0 Å². The summed E-state index contributed by atoms with van der Waals surface area (Å²) in [6.07, 6.45) is 0. The molecule has 1 aromatic carbocycles. The van der Waals surface area contributed by atoms with Crippen LogP contribution in [0.5, 0.6) is 5.75 Å². The van der Waals surface area contributed by atoms with Crippen LogP contribution in [-0.2, 0) is 0 Å². The van der Waals surface area contributed by atoms with E-state index >= 15 is 0 Å². The Labute approximate surface area is 99.9 Å². The predicted molar refractivity (Wildman–Crippen MR) is 58.5 cm³/mol. The number of ether oxygens (including phenoxy) is 1. The Balaban J connectivity index is 2.99. The van der Waals surface area contributed by atoms with E-state index in [1.54, 1.807) is 45.2 Å². The first-order valence-electron chi connectivity index (χ1n) is 3.10. The van der Waals surface area contributed by atoms with E-state index in [2.05, 4.69) is 4.74 Å². The van der Waals surface area contributed by atoms with Gasteiger partial charge in [-0.05, 0) is 57.3 Å². The summed E-state index contributed by atoms with van der Waals surface area (Å²) < 4.78 is 41.2. The van der Waals surface area contributed by atoms with Gasteiger partial charge in [-0.1, -0.05) is 0 Å². The average molecular weight is 414 g/mol. The molecule has 1 aromatic rings. The topological polar surface area (TPSA) is 9.23 Å². The van der Waals surface area contributed by atoms with Crippen molar-refractivity contribution in [1.29, 1.82) is 0 Å². The SMILES string of the molecule is Fc1c(I)cc(OC(F)F)cc1I.